The molecule has 2 aromatic carbocycles. The van der Waals surface area contributed by atoms with Crippen molar-refractivity contribution in [2.45, 2.75) is 19.3 Å². The van der Waals surface area contributed by atoms with Crippen LogP contribution in [0.25, 0.3) is 11.0 Å². The number of carbonyl (C=O) groups is 1. The standard InChI is InChI=1S/C18H15N3O3/c22-18(19-23)12-15-7-5-13(6-8-15)3-1-2-4-14-9-10-16-17(11-14)21-24-20-16/h5-11,23H,1,3,12H2,(H,19,22). The van der Waals surface area contributed by atoms with Gasteiger partial charge < -0.3 is 0 Å². The SMILES string of the molecule is O=C(Cc1ccc(CCC#Cc2ccc3nonc3c2)cc1)NO. The largest absolute Gasteiger partial charge is 0.289 e. The predicted octanol–water partition coefficient (Wildman–Crippen LogP) is 2.25. The first kappa shape index (κ1) is 15.7. The Kier molecular flexibility index (Phi) is 4.84. The summed E-state index contributed by atoms with van der Waals surface area (Å²) >= 11 is 0. The number of nitrogens with one attached hydrogen (secondary N) is 1. The van der Waals surface area contributed by atoms with Gasteiger partial charge in [-0.25, -0.2) is 10.1 Å². The summed E-state index contributed by atoms with van der Waals surface area (Å²) in [4.78, 5) is 11.1. The van der Waals surface area contributed by atoms with Gasteiger partial charge in [-0.3, -0.25) is 10.0 Å². The van der Waals surface area contributed by atoms with E-state index >= 15 is 0 Å². The van der Waals surface area contributed by atoms with Gasteiger partial charge in [0.15, 0.2) is 0 Å². The van der Waals surface area contributed by atoms with Gasteiger partial charge in [0.25, 0.3) is 0 Å². The van der Waals surface area contributed by atoms with Crippen LogP contribution in [0.5, 0.6) is 0 Å². The summed E-state index contributed by atoms with van der Waals surface area (Å²) < 4.78 is 4.66. The number of benzene rings is 2. The number of hydrogen-bond donors (Lipinski definition) is 2. The molecule has 0 aliphatic rings. The van der Waals surface area contributed by atoms with Crippen LogP contribution in [0.15, 0.2) is 47.1 Å². The van der Waals surface area contributed by atoms with Crippen molar-refractivity contribution in [1.29, 1.82) is 0 Å². The van der Waals surface area contributed by atoms with E-state index in [0.717, 1.165) is 35.0 Å². The number of aromatic nitrogens is 2. The molecular weight excluding hydrogens is 306 g/mol. The van der Waals surface area contributed by atoms with Crippen molar-refractivity contribution < 1.29 is 14.6 Å². The van der Waals surface area contributed by atoms with Crippen molar-refractivity contribution in [2.75, 3.05) is 0 Å². The summed E-state index contributed by atoms with van der Waals surface area (Å²) in [5.74, 6) is 5.82. The summed E-state index contributed by atoms with van der Waals surface area (Å²) in [6.07, 6.45) is 1.72. The van der Waals surface area contributed by atoms with Gasteiger partial charge in [-0.1, -0.05) is 36.1 Å². The zero-order valence-corrected chi connectivity index (χ0v) is 12.8. The van der Waals surface area contributed by atoms with E-state index in [9.17, 15) is 4.79 Å². The highest BCUT2D eigenvalue weighted by Crippen LogP contribution is 2.11. The lowest BCUT2D eigenvalue weighted by Crippen LogP contribution is -2.20. The lowest BCUT2D eigenvalue weighted by molar-refractivity contribution is -0.128. The Morgan fingerprint density at radius 3 is 2.62 bits per heavy atom. The average Bonchev–Trinajstić information content (AvgIpc) is 3.07. The molecule has 0 saturated carbocycles. The molecule has 0 saturated heterocycles. The number of fused-ring (bicyclic) bond motifs is 1. The van der Waals surface area contributed by atoms with E-state index in [1.165, 1.54) is 0 Å². The molecule has 3 rings (SSSR count). The van der Waals surface area contributed by atoms with Gasteiger partial charge in [0.2, 0.25) is 5.91 Å². The summed E-state index contributed by atoms with van der Waals surface area (Å²) in [5.41, 5.74) is 5.92. The fourth-order valence-electron chi connectivity index (χ4n) is 2.28. The third-order valence-corrected chi connectivity index (χ3v) is 3.54. The Balaban J connectivity index is 1.55. The summed E-state index contributed by atoms with van der Waals surface area (Å²) in [7, 11) is 0. The molecule has 0 aliphatic heterocycles. The minimum atomic E-state index is -0.423. The summed E-state index contributed by atoms with van der Waals surface area (Å²) in [5, 5.41) is 16.1. The Morgan fingerprint density at radius 2 is 1.83 bits per heavy atom. The predicted molar refractivity (Wildman–Crippen MR) is 87.1 cm³/mol. The molecule has 0 spiro atoms. The van der Waals surface area contributed by atoms with Crippen molar-refractivity contribution in [3.63, 3.8) is 0 Å². The normalized spacial score (nSPS) is 10.2. The first-order valence-corrected chi connectivity index (χ1v) is 7.46. The molecule has 1 aromatic heterocycles. The maximum Gasteiger partial charge on any atom is 0.247 e. The van der Waals surface area contributed by atoms with Crippen LogP contribution in [-0.4, -0.2) is 21.4 Å². The van der Waals surface area contributed by atoms with E-state index in [0.29, 0.717) is 5.52 Å². The second-order valence-electron chi connectivity index (χ2n) is 5.30. The van der Waals surface area contributed by atoms with Gasteiger partial charge in [0, 0.05) is 12.0 Å². The monoisotopic (exact) mass is 321 g/mol. The second kappa shape index (κ2) is 7.40. The minimum Gasteiger partial charge on any atom is -0.289 e. The molecule has 1 heterocycles. The van der Waals surface area contributed by atoms with Crippen LogP contribution >= 0.6 is 0 Å². The highest BCUT2D eigenvalue weighted by Gasteiger charge is 2.01. The quantitative estimate of drug-likeness (QED) is 0.437. The highest BCUT2D eigenvalue weighted by molar-refractivity contribution is 5.77. The molecule has 1 amide bonds. The topological polar surface area (TPSA) is 88.2 Å². The number of nitrogens with zero attached hydrogens (tertiary/aromatic N) is 2. The van der Waals surface area contributed by atoms with E-state index < -0.39 is 5.91 Å². The lowest BCUT2D eigenvalue weighted by atomic mass is 10.1. The van der Waals surface area contributed by atoms with Gasteiger partial charge in [-0.15, -0.1) is 0 Å². The van der Waals surface area contributed by atoms with Crippen molar-refractivity contribution in [3.05, 3.63) is 59.2 Å². The van der Waals surface area contributed by atoms with Crippen LogP contribution in [-0.2, 0) is 17.6 Å². The fourth-order valence-corrected chi connectivity index (χ4v) is 2.28. The highest BCUT2D eigenvalue weighted by atomic mass is 16.6. The number of hydroxylamine groups is 1. The molecule has 24 heavy (non-hydrogen) atoms. The maximum absolute atomic E-state index is 11.1. The second-order valence-corrected chi connectivity index (χ2v) is 5.30. The molecule has 0 fully saturated rings. The number of hydrogen-bond acceptors (Lipinski definition) is 5. The van der Waals surface area contributed by atoms with E-state index in [2.05, 4.69) is 26.8 Å². The first-order chi connectivity index (χ1) is 11.7. The molecule has 2 N–H and O–H groups in total. The van der Waals surface area contributed by atoms with E-state index in [1.807, 2.05) is 42.5 Å². The molecule has 6 nitrogen and oxygen atoms in total. The molecule has 0 bridgehead atoms. The lowest BCUT2D eigenvalue weighted by Gasteiger charge is -2.02. The van der Waals surface area contributed by atoms with Crippen LogP contribution in [0.2, 0.25) is 0 Å². The van der Waals surface area contributed by atoms with Gasteiger partial charge in [0.1, 0.15) is 11.0 Å². The van der Waals surface area contributed by atoms with Gasteiger partial charge in [-0.05, 0) is 46.1 Å². The molecule has 0 atom stereocenters. The Hall–Kier alpha value is -3.17. The first-order valence-electron chi connectivity index (χ1n) is 7.46. The van der Waals surface area contributed by atoms with E-state index in [-0.39, 0.29) is 6.42 Å². The molecule has 3 aromatic rings. The zero-order chi connectivity index (χ0) is 16.8. The third-order valence-electron chi connectivity index (χ3n) is 3.54. The maximum atomic E-state index is 11.1. The summed E-state index contributed by atoms with van der Waals surface area (Å²) in [6.45, 7) is 0. The molecule has 0 radical (unpaired) electrons. The Labute approximate surface area is 138 Å². The molecule has 0 aliphatic carbocycles. The molecule has 0 unspecified atom stereocenters. The Bertz CT molecular complexity index is 904. The summed E-state index contributed by atoms with van der Waals surface area (Å²) in [6, 6.07) is 13.3. The molecule has 6 heteroatoms. The van der Waals surface area contributed by atoms with Crippen molar-refractivity contribution in [1.82, 2.24) is 15.8 Å². The van der Waals surface area contributed by atoms with Gasteiger partial charge in [-0.2, -0.15) is 0 Å². The van der Waals surface area contributed by atoms with Crippen molar-refractivity contribution in [2.24, 2.45) is 0 Å². The van der Waals surface area contributed by atoms with Crippen LogP contribution in [0.3, 0.4) is 0 Å². The third kappa shape index (κ3) is 3.97. The average molecular weight is 321 g/mol. The van der Waals surface area contributed by atoms with Crippen LogP contribution < -0.4 is 5.48 Å². The van der Waals surface area contributed by atoms with Crippen molar-refractivity contribution >= 4 is 16.9 Å². The van der Waals surface area contributed by atoms with Crippen LogP contribution in [0, 0.1) is 11.8 Å². The van der Waals surface area contributed by atoms with Crippen molar-refractivity contribution in [3.8, 4) is 11.8 Å². The number of amides is 1. The van der Waals surface area contributed by atoms with Gasteiger partial charge in [0.05, 0.1) is 6.42 Å². The number of rotatable bonds is 4. The zero-order valence-electron chi connectivity index (χ0n) is 12.8. The number of carbonyl (C=O) groups excluding carboxylic acids is 1. The minimum absolute atomic E-state index is 0.163. The smallest absolute Gasteiger partial charge is 0.247 e. The van der Waals surface area contributed by atoms with E-state index in [4.69, 9.17) is 5.21 Å². The van der Waals surface area contributed by atoms with Gasteiger partial charge >= 0.3 is 0 Å². The van der Waals surface area contributed by atoms with E-state index in [1.54, 1.807) is 5.48 Å². The number of aryl methyl sites for hydroxylation is 1. The molecule has 120 valence electrons. The van der Waals surface area contributed by atoms with Crippen LogP contribution in [0.4, 0.5) is 0 Å². The van der Waals surface area contributed by atoms with Crippen LogP contribution in [0.1, 0.15) is 23.1 Å². The Morgan fingerprint density at radius 1 is 1.08 bits per heavy atom. The molecular formula is C18H15N3O3. The fraction of sp³-hybridized carbons (Fsp3) is 0.167.